The molecule has 0 spiro atoms. The molecule has 1 amide bonds. The van der Waals surface area contributed by atoms with Gasteiger partial charge in [0.2, 0.25) is 0 Å². The summed E-state index contributed by atoms with van der Waals surface area (Å²) in [5.74, 6) is 0.424. The number of aliphatic hydroxyl groups is 1. The molecule has 3 aromatic carbocycles. The highest BCUT2D eigenvalue weighted by atomic mass is 16.3. The first-order valence-electron chi connectivity index (χ1n) is 13.1. The van der Waals surface area contributed by atoms with Crippen LogP contribution < -0.4 is 10.6 Å². The van der Waals surface area contributed by atoms with Crippen LogP contribution >= 0.6 is 0 Å². The number of carbonyl (C=O) groups excluding carboxylic acids is 1. The molecular weight excluding hydrogens is 486 g/mol. The Bertz CT molecular complexity index is 1570. The molecule has 5 rings (SSSR count). The molecule has 2 aromatic heterocycles. The van der Waals surface area contributed by atoms with Crippen molar-refractivity contribution in [1.29, 1.82) is 0 Å². The number of hydrogen-bond donors (Lipinski definition) is 3. The van der Waals surface area contributed by atoms with Crippen molar-refractivity contribution in [2.24, 2.45) is 0 Å². The van der Waals surface area contributed by atoms with Crippen LogP contribution in [0.2, 0.25) is 0 Å². The van der Waals surface area contributed by atoms with E-state index in [1.54, 1.807) is 6.20 Å². The van der Waals surface area contributed by atoms with Crippen LogP contribution in [-0.2, 0) is 12.0 Å². The average molecular weight is 522 g/mol. The first-order valence-corrected chi connectivity index (χ1v) is 13.1. The third-order valence-corrected chi connectivity index (χ3v) is 6.18. The van der Waals surface area contributed by atoms with E-state index in [2.05, 4.69) is 36.4 Å². The summed E-state index contributed by atoms with van der Waals surface area (Å²) in [5.41, 5.74) is 6.35. The highest BCUT2D eigenvalue weighted by molar-refractivity contribution is 6.04. The van der Waals surface area contributed by atoms with Crippen LogP contribution in [0.25, 0.3) is 16.9 Å². The summed E-state index contributed by atoms with van der Waals surface area (Å²) in [4.78, 5) is 22.2. The molecule has 0 aliphatic rings. The lowest BCUT2D eigenvalue weighted by Crippen LogP contribution is -2.14. The molecule has 5 aromatic rings. The maximum absolute atomic E-state index is 12.9. The topological polar surface area (TPSA) is 91.6 Å². The summed E-state index contributed by atoms with van der Waals surface area (Å²) in [6.07, 6.45) is 5.49. The molecule has 0 aliphatic heterocycles. The van der Waals surface area contributed by atoms with E-state index in [9.17, 15) is 9.90 Å². The monoisotopic (exact) mass is 521 g/mol. The molecule has 0 bridgehead atoms. The van der Waals surface area contributed by atoms with Crippen molar-refractivity contribution in [1.82, 2.24) is 14.4 Å². The molecule has 200 valence electrons. The van der Waals surface area contributed by atoms with Crippen LogP contribution in [0.3, 0.4) is 0 Å². The van der Waals surface area contributed by atoms with Crippen LogP contribution in [0.4, 0.5) is 17.2 Å². The number of carbonyl (C=O) groups is 1. The zero-order chi connectivity index (χ0) is 28.0. The third-order valence-electron chi connectivity index (χ3n) is 6.18. The van der Waals surface area contributed by atoms with E-state index in [1.165, 1.54) is 5.56 Å². The number of rotatable bonds is 6. The van der Waals surface area contributed by atoms with E-state index in [1.807, 2.05) is 103 Å². The zero-order valence-corrected chi connectivity index (χ0v) is 23.1. The minimum atomic E-state index is -0.165. The summed E-state index contributed by atoms with van der Waals surface area (Å²) in [6, 6.07) is 22.9. The number of aliphatic hydroxyl groups excluding tert-OH is 1. The quantitative estimate of drug-likeness (QED) is 0.220. The molecule has 0 aliphatic carbocycles. The van der Waals surface area contributed by atoms with Crippen LogP contribution in [-0.4, -0.2) is 25.4 Å². The van der Waals surface area contributed by atoms with E-state index >= 15 is 0 Å². The van der Waals surface area contributed by atoms with Gasteiger partial charge in [0.05, 0.1) is 12.3 Å². The van der Waals surface area contributed by atoms with Gasteiger partial charge in [-0.2, -0.15) is 0 Å². The third kappa shape index (κ3) is 6.51. The average Bonchev–Trinajstić information content (AvgIpc) is 3.43. The maximum atomic E-state index is 12.9. The molecule has 0 fully saturated rings. The van der Waals surface area contributed by atoms with Gasteiger partial charge < -0.3 is 20.1 Å². The summed E-state index contributed by atoms with van der Waals surface area (Å²) < 4.78 is 1.91. The molecule has 39 heavy (non-hydrogen) atoms. The number of benzene rings is 3. The molecule has 0 atom stereocenters. The van der Waals surface area contributed by atoms with Gasteiger partial charge in [-0.3, -0.25) is 4.79 Å². The molecule has 0 saturated carbocycles. The lowest BCUT2D eigenvalue weighted by Gasteiger charge is -2.19. The number of anilines is 3. The smallest absolute Gasteiger partial charge is 0.255 e. The Hall–Kier alpha value is -4.49. The Kier molecular flexibility index (Phi) is 8.42. The highest BCUT2D eigenvalue weighted by Gasteiger charge is 2.15. The van der Waals surface area contributed by atoms with Crippen molar-refractivity contribution in [3.63, 3.8) is 0 Å². The Morgan fingerprint density at radius 1 is 0.949 bits per heavy atom. The number of aromatic nitrogens is 3. The number of fused-ring (bicyclic) bond motifs is 1. The summed E-state index contributed by atoms with van der Waals surface area (Å²) in [7, 11) is 0. The van der Waals surface area contributed by atoms with Crippen molar-refractivity contribution in [3.8, 4) is 11.3 Å². The van der Waals surface area contributed by atoms with Gasteiger partial charge >= 0.3 is 0 Å². The highest BCUT2D eigenvalue weighted by Crippen LogP contribution is 2.27. The second-order valence-electron chi connectivity index (χ2n) is 9.98. The van der Waals surface area contributed by atoms with Gasteiger partial charge in [-0.05, 0) is 52.9 Å². The Labute approximate surface area is 229 Å². The zero-order valence-electron chi connectivity index (χ0n) is 23.1. The second kappa shape index (κ2) is 11.9. The first-order chi connectivity index (χ1) is 18.8. The van der Waals surface area contributed by atoms with Crippen molar-refractivity contribution in [3.05, 3.63) is 108 Å². The number of nitrogens with one attached hydrogen (secondary N) is 2. The first kappa shape index (κ1) is 27.5. The molecule has 0 radical (unpaired) electrons. The molecular formula is C32H35N5O2. The number of amides is 1. The van der Waals surface area contributed by atoms with Crippen LogP contribution in [0.5, 0.6) is 0 Å². The molecule has 7 heteroatoms. The minimum absolute atomic E-state index is 0.0298. The van der Waals surface area contributed by atoms with E-state index in [0.29, 0.717) is 22.7 Å². The van der Waals surface area contributed by atoms with Crippen molar-refractivity contribution >= 4 is 28.7 Å². The van der Waals surface area contributed by atoms with E-state index in [4.69, 9.17) is 4.98 Å². The van der Waals surface area contributed by atoms with Crippen LogP contribution in [0, 0.1) is 0 Å². The van der Waals surface area contributed by atoms with E-state index in [0.717, 1.165) is 22.5 Å². The predicted molar refractivity (Wildman–Crippen MR) is 159 cm³/mol. The number of hydrogen-bond acceptors (Lipinski definition) is 5. The van der Waals surface area contributed by atoms with Crippen LogP contribution in [0.15, 0.2) is 91.4 Å². The lowest BCUT2D eigenvalue weighted by molar-refractivity contribution is 0.102. The van der Waals surface area contributed by atoms with Crippen molar-refractivity contribution in [2.75, 3.05) is 10.6 Å². The van der Waals surface area contributed by atoms with Crippen molar-refractivity contribution in [2.45, 2.75) is 46.6 Å². The largest absolute Gasteiger partial charge is 0.392 e. The van der Waals surface area contributed by atoms with E-state index in [-0.39, 0.29) is 17.9 Å². The van der Waals surface area contributed by atoms with Gasteiger partial charge in [-0.25, -0.2) is 9.97 Å². The Morgan fingerprint density at radius 2 is 1.67 bits per heavy atom. The number of imidazole rings is 1. The summed E-state index contributed by atoms with van der Waals surface area (Å²) in [5, 5.41) is 15.8. The maximum Gasteiger partial charge on any atom is 0.255 e. The second-order valence-corrected chi connectivity index (χ2v) is 9.98. The SMILES string of the molecule is CC.CC(C)(C)c1ccc(C(=O)Nc2cccc(-c3cn4ccnc4c(Nc4cccc(CO)c4)n3)c2)cc1. The van der Waals surface area contributed by atoms with Gasteiger partial charge in [0, 0.05) is 41.1 Å². The molecule has 0 saturated heterocycles. The lowest BCUT2D eigenvalue weighted by atomic mass is 9.87. The molecule has 2 heterocycles. The summed E-state index contributed by atoms with van der Waals surface area (Å²) >= 11 is 0. The molecule has 0 unspecified atom stereocenters. The van der Waals surface area contributed by atoms with E-state index < -0.39 is 0 Å². The fraction of sp³-hybridized carbons (Fsp3) is 0.219. The number of nitrogens with zero attached hydrogens (tertiary/aromatic N) is 3. The van der Waals surface area contributed by atoms with Gasteiger partial charge in [0.25, 0.3) is 5.91 Å². The van der Waals surface area contributed by atoms with Gasteiger partial charge in [0.1, 0.15) is 0 Å². The standard InChI is InChI=1S/C30H29N5O2.C2H6/c1-30(2,3)23-12-10-21(11-13-23)29(37)33-25-9-5-7-22(17-25)26-18-35-15-14-31-28(35)27(34-26)32-24-8-4-6-20(16-24)19-36;1-2/h4-18,36H,19H2,1-3H3,(H,32,34)(H,33,37);1-2H3. The molecule has 7 nitrogen and oxygen atoms in total. The Morgan fingerprint density at radius 3 is 2.38 bits per heavy atom. The molecule has 3 N–H and O–H groups in total. The normalized spacial score (nSPS) is 11.0. The Balaban J connectivity index is 0.00000172. The summed E-state index contributed by atoms with van der Waals surface area (Å²) in [6.45, 7) is 10.4. The predicted octanol–water partition coefficient (Wildman–Crippen LogP) is 7.21. The fourth-order valence-electron chi connectivity index (χ4n) is 4.12. The van der Waals surface area contributed by atoms with Gasteiger partial charge in [-0.15, -0.1) is 0 Å². The van der Waals surface area contributed by atoms with Crippen LogP contribution in [0.1, 0.15) is 56.1 Å². The van der Waals surface area contributed by atoms with Gasteiger partial charge in [0.15, 0.2) is 11.5 Å². The van der Waals surface area contributed by atoms with Crippen molar-refractivity contribution < 1.29 is 9.90 Å². The fourth-order valence-corrected chi connectivity index (χ4v) is 4.12. The minimum Gasteiger partial charge on any atom is -0.392 e. The van der Waals surface area contributed by atoms with Gasteiger partial charge in [-0.1, -0.05) is 71.0 Å².